The Bertz CT molecular complexity index is 2530. The van der Waals surface area contributed by atoms with E-state index in [-0.39, 0.29) is 48.3 Å². The Hall–Kier alpha value is -5.36. The summed E-state index contributed by atoms with van der Waals surface area (Å²) in [7, 11) is 0. The molecule has 2 aromatic carbocycles. The summed E-state index contributed by atoms with van der Waals surface area (Å²) in [4.78, 5) is 72.9. The number of hydrogen-bond acceptors (Lipinski definition) is 11. The van der Waals surface area contributed by atoms with Crippen molar-refractivity contribution in [3.63, 3.8) is 0 Å². The van der Waals surface area contributed by atoms with Crippen LogP contribution >= 0.6 is 0 Å². The van der Waals surface area contributed by atoms with Gasteiger partial charge in [-0.3, -0.25) is 19.2 Å². The number of benzene rings is 2. The largest absolute Gasteiger partial charge is 0.479 e. The van der Waals surface area contributed by atoms with E-state index in [0.717, 1.165) is 65.5 Å². The van der Waals surface area contributed by atoms with Crippen LogP contribution in [0.15, 0.2) is 41.2 Å². The molecule has 3 aliphatic heterocycles. The first-order valence-corrected chi connectivity index (χ1v) is 24.6. The third kappa shape index (κ3) is 10.3. The number of nitrogens with zero attached hydrogens (tertiary/aromatic N) is 2. The zero-order valence-electron chi connectivity index (χ0n) is 40.1. The Morgan fingerprint density at radius 2 is 1.48 bits per heavy atom. The lowest BCUT2D eigenvalue weighted by atomic mass is 9.84. The van der Waals surface area contributed by atoms with Crippen molar-refractivity contribution in [1.29, 1.82) is 0 Å². The fraction of sp³-hybridized carbons (Fsp3) is 0.556. The zero-order valence-corrected chi connectivity index (χ0v) is 40.1. The molecule has 0 bridgehead atoms. The minimum atomic E-state index is -1.88. The van der Waals surface area contributed by atoms with Gasteiger partial charge in [-0.15, -0.1) is 0 Å². The van der Waals surface area contributed by atoms with E-state index in [9.17, 15) is 24.0 Å². The van der Waals surface area contributed by atoms with Crippen molar-refractivity contribution in [2.45, 2.75) is 181 Å². The first-order chi connectivity index (χ1) is 31.8. The van der Waals surface area contributed by atoms with Crippen LogP contribution in [0.25, 0.3) is 22.3 Å². The van der Waals surface area contributed by atoms with Crippen LogP contribution in [0.3, 0.4) is 0 Å². The molecule has 0 aliphatic carbocycles. The number of ketones is 1. The monoisotopic (exact) mass is 904 g/mol. The van der Waals surface area contributed by atoms with Gasteiger partial charge in [0.1, 0.15) is 18.1 Å². The molecule has 5 heterocycles. The number of hydrogen-bond donors (Lipinski definition) is 1. The fourth-order valence-electron chi connectivity index (χ4n) is 9.94. The summed E-state index contributed by atoms with van der Waals surface area (Å²) >= 11 is 0. The van der Waals surface area contributed by atoms with Gasteiger partial charge in [-0.1, -0.05) is 89.8 Å². The molecule has 4 aromatic rings. The first-order valence-electron chi connectivity index (χ1n) is 24.6. The third-order valence-electron chi connectivity index (χ3n) is 14.2. The van der Waals surface area contributed by atoms with Crippen LogP contribution in [-0.2, 0) is 53.8 Å². The minimum Gasteiger partial charge on any atom is -0.479 e. The van der Waals surface area contributed by atoms with Crippen LogP contribution in [0.5, 0.6) is 11.5 Å². The molecule has 0 saturated carbocycles. The van der Waals surface area contributed by atoms with Crippen molar-refractivity contribution in [3.8, 4) is 22.9 Å². The molecule has 354 valence electrons. The maximum absolute atomic E-state index is 13.9. The molecule has 7 rings (SSSR count). The Morgan fingerprint density at radius 1 is 0.803 bits per heavy atom. The Labute approximate surface area is 389 Å². The van der Waals surface area contributed by atoms with Crippen LogP contribution < -0.4 is 20.3 Å². The van der Waals surface area contributed by atoms with Gasteiger partial charge in [0.15, 0.2) is 11.4 Å². The summed E-state index contributed by atoms with van der Waals surface area (Å²) < 4.78 is 25.6. The van der Waals surface area contributed by atoms with Crippen LogP contribution in [0.4, 0.5) is 0 Å². The number of nitrogens with one attached hydrogen (secondary N) is 1. The molecule has 12 heteroatoms. The van der Waals surface area contributed by atoms with Gasteiger partial charge in [0.25, 0.3) is 5.56 Å². The summed E-state index contributed by atoms with van der Waals surface area (Å²) in [5.41, 5.74) is 3.35. The predicted octanol–water partition coefficient (Wildman–Crippen LogP) is 10.3. The number of cyclic esters (lactones) is 1. The lowest BCUT2D eigenvalue weighted by molar-refractivity contribution is -0.189. The number of carbonyl (C=O) groups excluding carboxylic acids is 4. The molecule has 3 aliphatic rings. The van der Waals surface area contributed by atoms with Crippen molar-refractivity contribution in [2.24, 2.45) is 0 Å². The standard InChI is InChI=1S/C54H69N3O9/c1-7-9-10-11-15-20-29-55-30-21-16-13-12-14-17-24-45(58)53(6)28-27-40-37(5)49(35(3)36(4)50(40)66-53)64-46(59)25-26-47(60)65-54(8-2)42-32-44-48-39(31-38-22-18-19-23-43(38)56-48)33-57(44)51(61)41(42)34-63-52(54)62/h18-19,22-23,31-32,55H,7-17,20-21,24-30,33-34H2,1-6H3/t53-,54-/m0/s1. The number of esters is 3. The topological polar surface area (TPSA) is 152 Å². The van der Waals surface area contributed by atoms with Crippen molar-refractivity contribution in [1.82, 2.24) is 14.9 Å². The number of ether oxygens (including phenoxy) is 4. The Morgan fingerprint density at radius 3 is 2.21 bits per heavy atom. The van der Waals surface area contributed by atoms with Crippen molar-refractivity contribution in [3.05, 3.63) is 85.7 Å². The van der Waals surface area contributed by atoms with Gasteiger partial charge >= 0.3 is 17.9 Å². The highest BCUT2D eigenvalue weighted by atomic mass is 16.6. The normalized spacial score (nSPS) is 18.2. The highest BCUT2D eigenvalue weighted by molar-refractivity contribution is 5.90. The minimum absolute atomic E-state index is 0.00713. The number of para-hydroxylation sites is 1. The van der Waals surface area contributed by atoms with E-state index in [1.165, 1.54) is 57.8 Å². The molecular formula is C54H69N3O9. The molecule has 2 aromatic heterocycles. The van der Waals surface area contributed by atoms with Crippen molar-refractivity contribution < 1.29 is 38.1 Å². The van der Waals surface area contributed by atoms with Gasteiger partial charge in [0.05, 0.1) is 41.9 Å². The smallest absolute Gasteiger partial charge is 0.355 e. The molecule has 0 amide bonds. The molecule has 0 saturated heterocycles. The van der Waals surface area contributed by atoms with Crippen LogP contribution in [-0.4, -0.2) is 51.9 Å². The molecule has 0 unspecified atom stereocenters. The predicted molar refractivity (Wildman–Crippen MR) is 255 cm³/mol. The van der Waals surface area contributed by atoms with Gasteiger partial charge in [-0.2, -0.15) is 0 Å². The fourth-order valence-corrected chi connectivity index (χ4v) is 9.94. The lowest BCUT2D eigenvalue weighted by Gasteiger charge is -2.37. The number of carbonyl (C=O) groups is 4. The molecular weight excluding hydrogens is 835 g/mol. The van der Waals surface area contributed by atoms with E-state index >= 15 is 0 Å². The van der Waals surface area contributed by atoms with Crippen molar-refractivity contribution in [2.75, 3.05) is 13.1 Å². The summed E-state index contributed by atoms with van der Waals surface area (Å²) in [6, 6.07) is 11.4. The van der Waals surface area contributed by atoms with E-state index < -0.39 is 29.1 Å². The van der Waals surface area contributed by atoms with E-state index in [4.69, 9.17) is 23.9 Å². The molecule has 0 spiro atoms. The average Bonchev–Trinajstić information content (AvgIpc) is 3.67. The Kier molecular flexibility index (Phi) is 15.8. The maximum Gasteiger partial charge on any atom is 0.355 e. The second-order valence-corrected chi connectivity index (χ2v) is 18.9. The number of unbranched alkanes of at least 4 members (excludes halogenated alkanes) is 10. The second kappa shape index (κ2) is 21.5. The maximum atomic E-state index is 13.9. The van der Waals surface area contributed by atoms with E-state index in [1.54, 1.807) is 17.6 Å². The number of pyridine rings is 2. The lowest BCUT2D eigenvalue weighted by Crippen LogP contribution is -2.47. The van der Waals surface area contributed by atoms with Gasteiger partial charge in [-0.05, 0) is 114 Å². The van der Waals surface area contributed by atoms with Gasteiger partial charge in [-0.25, -0.2) is 9.78 Å². The summed E-state index contributed by atoms with van der Waals surface area (Å²) in [5, 5.41) is 4.53. The van der Waals surface area contributed by atoms with Gasteiger partial charge in [0, 0.05) is 28.5 Å². The zero-order chi connectivity index (χ0) is 47.0. The van der Waals surface area contributed by atoms with E-state index in [2.05, 4.69) is 12.2 Å². The van der Waals surface area contributed by atoms with Crippen LogP contribution in [0.2, 0.25) is 0 Å². The summed E-state index contributed by atoms with van der Waals surface area (Å²) in [6.07, 6.45) is 15.5. The third-order valence-corrected chi connectivity index (χ3v) is 14.2. The summed E-state index contributed by atoms with van der Waals surface area (Å²) in [5.74, 6) is -1.03. The number of aromatic nitrogens is 2. The van der Waals surface area contributed by atoms with Crippen LogP contribution in [0.1, 0.15) is 169 Å². The Balaban J connectivity index is 0.908. The highest BCUT2D eigenvalue weighted by Crippen LogP contribution is 2.45. The number of Topliss-reactive ketones (excluding diaryl/α,β-unsaturated/α-hetero) is 1. The van der Waals surface area contributed by atoms with Gasteiger partial charge in [0.2, 0.25) is 5.60 Å². The highest BCUT2D eigenvalue weighted by Gasteiger charge is 2.50. The molecule has 0 fully saturated rings. The molecule has 12 nitrogen and oxygen atoms in total. The SMILES string of the molecule is CCCCCCCCNCCCCCCCCC(=O)[C@]1(C)CCc2c(C)c(OC(=O)CCC(=O)O[C@]3(CC)C(=O)OCc4c3cc3n(c4=O)Cc4cc5ccccc5nc4-3)c(C)c(C)c2O1. The molecule has 2 atom stereocenters. The van der Waals surface area contributed by atoms with Crippen molar-refractivity contribution >= 4 is 34.6 Å². The number of rotatable bonds is 23. The molecule has 0 radical (unpaired) electrons. The quantitative estimate of drug-likeness (QED) is 0.0379. The molecule has 66 heavy (non-hydrogen) atoms. The van der Waals surface area contributed by atoms with Crippen LogP contribution in [0, 0.1) is 20.8 Å². The second-order valence-electron chi connectivity index (χ2n) is 18.9. The summed E-state index contributed by atoms with van der Waals surface area (Å²) in [6.45, 7) is 13.8. The van der Waals surface area contributed by atoms with E-state index in [1.807, 2.05) is 58.0 Å². The average molecular weight is 904 g/mol. The van der Waals surface area contributed by atoms with Gasteiger partial charge < -0.3 is 28.8 Å². The first kappa shape index (κ1) is 48.6. The van der Waals surface area contributed by atoms with E-state index in [0.29, 0.717) is 54.3 Å². The molecule has 1 N–H and O–H groups in total. The number of fused-ring (bicyclic) bond motifs is 6.